The highest BCUT2D eigenvalue weighted by Gasteiger charge is 2.30. The molecule has 3 atom stereocenters. The molecular weight excluding hydrogens is 1010 g/mol. The topological polar surface area (TPSA) is 111 Å². The second-order valence-corrected chi connectivity index (χ2v) is 25.4. The number of phosphoric acid groups is 1. The Morgan fingerprint density at radius 1 is 0.450 bits per heavy atom. The van der Waals surface area contributed by atoms with Gasteiger partial charge in [-0.1, -0.05) is 293 Å². The van der Waals surface area contributed by atoms with Crippen LogP contribution in [0.2, 0.25) is 0 Å². The zero-order valence-corrected chi connectivity index (χ0v) is 54.2. The summed E-state index contributed by atoms with van der Waals surface area (Å²) in [5.41, 5.74) is 0. The first-order valence-corrected chi connectivity index (χ1v) is 35.3. The first-order valence-electron chi connectivity index (χ1n) is 33.8. The summed E-state index contributed by atoms with van der Waals surface area (Å²) < 4.78 is 30.8. The molecule has 0 aliphatic rings. The van der Waals surface area contributed by atoms with E-state index < -0.39 is 20.0 Å². The van der Waals surface area contributed by atoms with Gasteiger partial charge in [0.1, 0.15) is 19.3 Å². The smallest absolute Gasteiger partial charge is 0.456 e. The van der Waals surface area contributed by atoms with Gasteiger partial charge in [-0.2, -0.15) is 0 Å². The van der Waals surface area contributed by atoms with Crippen molar-refractivity contribution >= 4 is 19.7 Å². The van der Waals surface area contributed by atoms with Crippen LogP contribution in [0.1, 0.15) is 310 Å². The number of nitrogens with one attached hydrogen (secondary N) is 1. The third-order valence-electron chi connectivity index (χ3n) is 14.9. The minimum absolute atomic E-state index is 0.0398. The molecule has 0 aromatic carbocycles. The van der Waals surface area contributed by atoms with Gasteiger partial charge in [0.25, 0.3) is 0 Å². The number of hydrogen-bond acceptors (Lipinski definition) is 6. The van der Waals surface area contributed by atoms with Crippen molar-refractivity contribution in [2.24, 2.45) is 0 Å². The first kappa shape index (κ1) is 77.5. The van der Waals surface area contributed by atoms with Crippen LogP contribution in [0.4, 0.5) is 0 Å². The molecule has 0 fully saturated rings. The number of allylic oxidation sites excluding steroid dienone is 11. The molecule has 0 saturated carbocycles. The van der Waals surface area contributed by atoms with E-state index in [-0.39, 0.29) is 31.5 Å². The normalized spacial score (nSPS) is 14.0. The van der Waals surface area contributed by atoms with Crippen molar-refractivity contribution in [2.75, 3.05) is 40.9 Å². The Labute approximate surface area is 495 Å². The molecule has 10 heteroatoms. The van der Waals surface area contributed by atoms with E-state index in [0.717, 1.165) is 89.9 Å². The van der Waals surface area contributed by atoms with Gasteiger partial charge in [-0.3, -0.25) is 18.6 Å². The molecule has 0 rings (SSSR count). The molecule has 1 amide bonds. The van der Waals surface area contributed by atoms with Crippen LogP contribution in [0, 0.1) is 0 Å². The zero-order chi connectivity index (χ0) is 58.6. The van der Waals surface area contributed by atoms with Crippen LogP contribution in [0.25, 0.3) is 0 Å². The number of phosphoric ester groups is 1. The van der Waals surface area contributed by atoms with Crippen molar-refractivity contribution in [3.05, 3.63) is 72.9 Å². The summed E-state index contributed by atoms with van der Waals surface area (Å²) in [5.74, 6) is -0.499. The van der Waals surface area contributed by atoms with E-state index in [1.165, 1.54) is 186 Å². The number of carbonyl (C=O) groups excluding carboxylic acids is 2. The Morgan fingerprint density at radius 3 is 1.20 bits per heavy atom. The summed E-state index contributed by atoms with van der Waals surface area (Å²) in [6.45, 7) is 6.92. The van der Waals surface area contributed by atoms with Crippen molar-refractivity contribution in [2.45, 2.75) is 322 Å². The predicted octanol–water partition coefficient (Wildman–Crippen LogP) is 21.2. The molecule has 0 heterocycles. The van der Waals surface area contributed by atoms with Crippen molar-refractivity contribution in [3.63, 3.8) is 0 Å². The average Bonchev–Trinajstić information content (AvgIpc) is 3.43. The number of ether oxygens (including phenoxy) is 1. The summed E-state index contributed by atoms with van der Waals surface area (Å²) in [6, 6.07) is -0.849. The van der Waals surface area contributed by atoms with E-state index in [2.05, 4.69) is 86.8 Å². The van der Waals surface area contributed by atoms with Gasteiger partial charge in [0.05, 0.1) is 33.8 Å². The van der Waals surface area contributed by atoms with Crippen LogP contribution >= 0.6 is 7.82 Å². The molecule has 0 aliphatic heterocycles. The zero-order valence-electron chi connectivity index (χ0n) is 53.3. The monoisotopic (exact) mass is 1140 g/mol. The highest BCUT2D eigenvalue weighted by Crippen LogP contribution is 2.43. The summed E-state index contributed by atoms with van der Waals surface area (Å²) in [5, 5.41) is 3.06. The molecule has 0 bridgehead atoms. The fourth-order valence-corrected chi connectivity index (χ4v) is 10.5. The summed E-state index contributed by atoms with van der Waals surface area (Å²) in [6.07, 6.45) is 77.6. The van der Waals surface area contributed by atoms with Gasteiger partial charge in [-0.05, 0) is 76.7 Å². The van der Waals surface area contributed by atoms with Crippen LogP contribution in [-0.2, 0) is 27.9 Å². The molecule has 3 unspecified atom stereocenters. The van der Waals surface area contributed by atoms with Crippen LogP contribution in [0.3, 0.4) is 0 Å². The van der Waals surface area contributed by atoms with Gasteiger partial charge < -0.3 is 19.4 Å². The SMILES string of the molecule is CC/C=C\C/C=C\C/C=C\C/C=C\C/C=C\CCCCCCCCCCCCCC(=O)OC(/C=C\CCCCCCCCCCC)C(COP(=O)(O)OCC[N+](C)(C)C)NC(=O)CCCCCCCCCCCCCCCCCC. The van der Waals surface area contributed by atoms with Crippen molar-refractivity contribution in [1.29, 1.82) is 0 Å². The fraction of sp³-hybridized carbons (Fsp3) is 0.800. The van der Waals surface area contributed by atoms with Crippen LogP contribution in [-0.4, -0.2) is 74.3 Å². The van der Waals surface area contributed by atoms with E-state index in [4.69, 9.17) is 13.8 Å². The van der Waals surface area contributed by atoms with E-state index in [1.54, 1.807) is 0 Å². The van der Waals surface area contributed by atoms with Gasteiger partial charge in [-0.15, -0.1) is 0 Å². The number of unbranched alkanes of at least 4 members (excludes halogenated alkanes) is 35. The third-order valence-corrected chi connectivity index (χ3v) is 15.9. The summed E-state index contributed by atoms with van der Waals surface area (Å²) >= 11 is 0. The number of amides is 1. The molecule has 466 valence electrons. The quantitative estimate of drug-likeness (QED) is 0.0205. The van der Waals surface area contributed by atoms with Gasteiger partial charge in [-0.25, -0.2) is 4.57 Å². The lowest BCUT2D eigenvalue weighted by Gasteiger charge is -2.27. The maximum absolute atomic E-state index is 13.6. The lowest BCUT2D eigenvalue weighted by molar-refractivity contribution is -0.870. The Kier molecular flexibility index (Phi) is 57.7. The number of esters is 1. The minimum atomic E-state index is -4.45. The van der Waals surface area contributed by atoms with Gasteiger partial charge >= 0.3 is 13.8 Å². The second-order valence-electron chi connectivity index (χ2n) is 24.0. The van der Waals surface area contributed by atoms with E-state index >= 15 is 0 Å². The minimum Gasteiger partial charge on any atom is -0.456 e. The van der Waals surface area contributed by atoms with E-state index in [0.29, 0.717) is 17.4 Å². The Morgan fingerprint density at radius 2 is 0.800 bits per heavy atom. The van der Waals surface area contributed by atoms with E-state index in [1.807, 2.05) is 33.3 Å². The van der Waals surface area contributed by atoms with Gasteiger partial charge in [0, 0.05) is 12.8 Å². The number of quaternary nitrogens is 1. The van der Waals surface area contributed by atoms with E-state index in [9.17, 15) is 19.0 Å². The number of likely N-dealkylation sites (N-methyl/N-ethyl adjacent to an activating group) is 1. The Bertz CT molecular complexity index is 1600. The standard InChI is InChI=1S/C70H129N2O7P/c1-7-10-13-16-19-22-25-27-29-31-32-33-34-35-36-37-38-39-40-41-43-45-48-51-54-57-60-63-70(74)79-68(61-58-55-52-49-46-24-21-18-15-12-9-3)67(66-78-80(75,76)77-65-64-72(4,5)6)71-69(73)62-59-56-53-50-47-44-42-30-28-26-23-20-17-14-11-8-2/h10,13,19,22,27,29,32-33,35-36,58,61,67-68H,7-9,11-12,14-18,20-21,23-26,28,30-31,34,37-57,59-60,62-66H2,1-6H3,(H-,71,73,75,76)/p+1/b13-10-,22-19-,29-27-,33-32-,36-35-,61-58-. The van der Waals surface area contributed by atoms with Crippen LogP contribution in [0.5, 0.6) is 0 Å². The molecule has 2 N–H and O–H groups in total. The molecule has 0 saturated heterocycles. The third kappa shape index (κ3) is 60.1. The van der Waals surface area contributed by atoms with Gasteiger partial charge in [0.15, 0.2) is 0 Å². The van der Waals surface area contributed by atoms with Crippen LogP contribution < -0.4 is 5.32 Å². The lowest BCUT2D eigenvalue weighted by atomic mass is 10.0. The second kappa shape index (κ2) is 59.6. The highest BCUT2D eigenvalue weighted by molar-refractivity contribution is 7.47. The molecule has 80 heavy (non-hydrogen) atoms. The molecule has 0 spiro atoms. The average molecular weight is 1140 g/mol. The summed E-state index contributed by atoms with van der Waals surface area (Å²) in [4.78, 5) is 37.8. The Hall–Kier alpha value is -2.55. The molecule has 0 aromatic rings. The molecule has 0 aromatic heterocycles. The van der Waals surface area contributed by atoms with Crippen molar-refractivity contribution in [3.8, 4) is 0 Å². The van der Waals surface area contributed by atoms with Crippen molar-refractivity contribution in [1.82, 2.24) is 5.32 Å². The maximum atomic E-state index is 13.6. The van der Waals surface area contributed by atoms with Crippen molar-refractivity contribution < 1.29 is 37.3 Å². The first-order chi connectivity index (χ1) is 38.9. The molecule has 9 nitrogen and oxygen atoms in total. The number of hydrogen-bond donors (Lipinski definition) is 2. The molecular formula is C70H130N2O7P+. The predicted molar refractivity (Wildman–Crippen MR) is 346 cm³/mol. The largest absolute Gasteiger partial charge is 0.472 e. The Balaban J connectivity index is 5.03. The van der Waals surface area contributed by atoms with Crippen LogP contribution in [0.15, 0.2) is 72.9 Å². The van der Waals surface area contributed by atoms with Gasteiger partial charge in [0.2, 0.25) is 5.91 Å². The maximum Gasteiger partial charge on any atom is 0.472 e. The molecule has 0 aliphatic carbocycles. The number of carbonyl (C=O) groups is 2. The number of nitrogens with zero attached hydrogens (tertiary/aromatic N) is 1. The molecule has 0 radical (unpaired) electrons. The highest BCUT2D eigenvalue weighted by atomic mass is 31.2. The lowest BCUT2D eigenvalue weighted by Crippen LogP contribution is -2.47. The number of rotatable bonds is 61. The summed E-state index contributed by atoms with van der Waals surface area (Å²) in [7, 11) is 1.50. The fourth-order valence-electron chi connectivity index (χ4n) is 9.73.